The summed E-state index contributed by atoms with van der Waals surface area (Å²) in [5.74, 6) is 0. The quantitative estimate of drug-likeness (QED) is 0.672. The number of hydrogen-bond donors (Lipinski definition) is 1. The highest BCUT2D eigenvalue weighted by Crippen LogP contribution is 2.03. The Morgan fingerprint density at radius 1 is 0.833 bits per heavy atom. The molecule has 2 aromatic rings. The van der Waals surface area contributed by atoms with Gasteiger partial charge in [0.15, 0.2) is 8.96 Å². The Morgan fingerprint density at radius 3 is 1.56 bits per heavy atom. The molecule has 1 nitrogen and oxygen atoms in total. The van der Waals surface area contributed by atoms with Crippen molar-refractivity contribution in [1.29, 1.82) is 0 Å². The van der Waals surface area contributed by atoms with E-state index in [4.69, 9.17) is 11.1 Å². The molecule has 0 saturated carbocycles. The molecular formula is C14H18ClNSi2. The molecule has 0 atom stereocenters. The summed E-state index contributed by atoms with van der Waals surface area (Å²) in [5, 5.41) is 2.79. The van der Waals surface area contributed by atoms with Crippen molar-refractivity contribution in [2.75, 3.05) is 0 Å². The zero-order chi connectivity index (χ0) is 13.0. The molecule has 4 heteroatoms. The number of hydrogen-bond acceptors (Lipinski definition) is 1. The van der Waals surface area contributed by atoms with Crippen LogP contribution < -0.4 is 15.0 Å². The zero-order valence-electron chi connectivity index (χ0n) is 10.7. The Morgan fingerprint density at radius 2 is 1.22 bits per heavy atom. The SMILES string of the molecule is C[Si](C)(Cl)N[SiH](c1ccccc1)c1ccccc1. The molecule has 0 bridgehead atoms. The molecule has 18 heavy (non-hydrogen) atoms. The summed E-state index contributed by atoms with van der Waals surface area (Å²) in [6.07, 6.45) is 0. The van der Waals surface area contributed by atoms with Crippen LogP contribution in [-0.4, -0.2) is 16.5 Å². The van der Waals surface area contributed by atoms with Crippen LogP contribution in [0.5, 0.6) is 0 Å². The zero-order valence-corrected chi connectivity index (χ0v) is 13.6. The first kappa shape index (κ1) is 13.6. The van der Waals surface area contributed by atoms with Crippen LogP contribution in [0.3, 0.4) is 0 Å². The maximum absolute atomic E-state index is 6.49. The van der Waals surface area contributed by atoms with Gasteiger partial charge in [-0.3, -0.25) is 0 Å². The summed E-state index contributed by atoms with van der Waals surface area (Å²) in [7, 11) is -3.20. The van der Waals surface area contributed by atoms with E-state index in [0.717, 1.165) is 0 Å². The van der Waals surface area contributed by atoms with E-state index in [9.17, 15) is 0 Å². The molecule has 0 fully saturated rings. The summed E-state index contributed by atoms with van der Waals surface area (Å²) < 4.78 is 3.73. The van der Waals surface area contributed by atoms with Crippen LogP contribution in [0.1, 0.15) is 0 Å². The summed E-state index contributed by atoms with van der Waals surface area (Å²) in [5.41, 5.74) is 0. The van der Waals surface area contributed by atoms with E-state index < -0.39 is 16.5 Å². The smallest absolute Gasteiger partial charge is 0.214 e. The second-order valence-electron chi connectivity index (χ2n) is 4.87. The van der Waals surface area contributed by atoms with E-state index >= 15 is 0 Å². The molecule has 0 aliphatic carbocycles. The Kier molecular flexibility index (Phi) is 4.40. The average molecular weight is 292 g/mol. The number of rotatable bonds is 4. The lowest BCUT2D eigenvalue weighted by Crippen LogP contribution is -2.61. The highest BCUT2D eigenvalue weighted by Gasteiger charge is 2.25. The molecule has 2 rings (SSSR count). The van der Waals surface area contributed by atoms with Gasteiger partial charge in [-0.25, -0.2) is 0 Å². The van der Waals surface area contributed by atoms with Gasteiger partial charge < -0.3 is 4.65 Å². The van der Waals surface area contributed by atoms with Crippen molar-refractivity contribution < 1.29 is 0 Å². The average Bonchev–Trinajstić information content (AvgIpc) is 2.37. The van der Waals surface area contributed by atoms with Crippen molar-refractivity contribution in [1.82, 2.24) is 4.65 Å². The van der Waals surface area contributed by atoms with Crippen molar-refractivity contribution in [2.45, 2.75) is 13.1 Å². The predicted octanol–water partition coefficient (Wildman–Crippen LogP) is 2.05. The molecule has 2 aromatic carbocycles. The van der Waals surface area contributed by atoms with Crippen molar-refractivity contribution in [3.05, 3.63) is 60.7 Å². The minimum atomic E-state index is -1.80. The fraction of sp³-hybridized carbons (Fsp3) is 0.143. The number of nitrogens with one attached hydrogen (secondary N) is 1. The van der Waals surface area contributed by atoms with Crippen LogP contribution in [0.15, 0.2) is 60.7 Å². The molecule has 0 unspecified atom stereocenters. The number of benzene rings is 2. The van der Waals surface area contributed by atoms with Gasteiger partial charge in [0.1, 0.15) is 0 Å². The lowest BCUT2D eigenvalue weighted by atomic mass is 10.4. The standard InChI is InChI=1S/C14H18ClNSi2/c1-18(2,15)16-17(13-9-5-3-6-10-13)14-11-7-4-8-12-14/h3-12,16-17H,1-2H3. The van der Waals surface area contributed by atoms with Gasteiger partial charge in [0.25, 0.3) is 0 Å². The molecular weight excluding hydrogens is 274 g/mol. The maximum Gasteiger partial charge on any atom is 0.214 e. The van der Waals surface area contributed by atoms with Gasteiger partial charge in [-0.1, -0.05) is 60.7 Å². The Labute approximate surface area is 116 Å². The Bertz CT molecular complexity index is 443. The lowest BCUT2D eigenvalue weighted by molar-refractivity contribution is 1.45. The largest absolute Gasteiger partial charge is 0.343 e. The summed E-state index contributed by atoms with van der Waals surface area (Å²) in [4.78, 5) is 0. The summed E-state index contributed by atoms with van der Waals surface area (Å²) >= 11 is 6.49. The monoisotopic (exact) mass is 291 g/mol. The normalized spacial score (nSPS) is 11.8. The van der Waals surface area contributed by atoms with Crippen LogP contribution >= 0.6 is 11.1 Å². The Balaban J connectivity index is 2.36. The molecule has 1 N–H and O–H groups in total. The van der Waals surface area contributed by atoms with Crippen LogP contribution in [0.25, 0.3) is 0 Å². The van der Waals surface area contributed by atoms with E-state index in [-0.39, 0.29) is 0 Å². The molecule has 0 radical (unpaired) electrons. The number of halogens is 1. The van der Waals surface area contributed by atoms with Crippen molar-refractivity contribution >= 4 is 38.0 Å². The van der Waals surface area contributed by atoms with E-state index in [1.54, 1.807) is 0 Å². The minimum Gasteiger partial charge on any atom is -0.343 e. The van der Waals surface area contributed by atoms with Gasteiger partial charge in [-0.2, -0.15) is 0 Å². The van der Waals surface area contributed by atoms with Gasteiger partial charge in [0, 0.05) is 0 Å². The fourth-order valence-electron chi connectivity index (χ4n) is 1.99. The molecule has 0 saturated heterocycles. The molecule has 0 heterocycles. The van der Waals surface area contributed by atoms with Crippen LogP contribution in [-0.2, 0) is 0 Å². The summed E-state index contributed by atoms with van der Waals surface area (Å²) in [6.45, 7) is 4.28. The van der Waals surface area contributed by atoms with Gasteiger partial charge >= 0.3 is 0 Å². The third-order valence-electron chi connectivity index (χ3n) is 2.75. The highest BCUT2D eigenvalue weighted by molar-refractivity contribution is 7.21. The first-order valence-corrected chi connectivity index (χ1v) is 11.9. The first-order chi connectivity index (χ1) is 8.56. The van der Waals surface area contributed by atoms with E-state index in [2.05, 4.69) is 78.4 Å². The predicted molar refractivity (Wildman–Crippen MR) is 85.8 cm³/mol. The van der Waals surface area contributed by atoms with Crippen LogP contribution in [0.2, 0.25) is 13.1 Å². The highest BCUT2D eigenvalue weighted by atomic mass is 35.6. The van der Waals surface area contributed by atoms with Crippen LogP contribution in [0.4, 0.5) is 0 Å². The van der Waals surface area contributed by atoms with Crippen LogP contribution in [0, 0.1) is 0 Å². The topological polar surface area (TPSA) is 12.0 Å². The van der Waals surface area contributed by atoms with Gasteiger partial charge in [0.2, 0.25) is 7.55 Å². The Hall–Kier alpha value is -0.876. The molecule has 0 aromatic heterocycles. The van der Waals surface area contributed by atoms with E-state index in [0.29, 0.717) is 0 Å². The van der Waals surface area contributed by atoms with E-state index in [1.165, 1.54) is 10.4 Å². The van der Waals surface area contributed by atoms with E-state index in [1.807, 2.05) is 0 Å². The second-order valence-corrected chi connectivity index (χ2v) is 14.0. The molecule has 0 spiro atoms. The lowest BCUT2D eigenvalue weighted by Gasteiger charge is -2.24. The first-order valence-electron chi connectivity index (χ1n) is 6.13. The van der Waals surface area contributed by atoms with Crippen molar-refractivity contribution in [3.8, 4) is 0 Å². The minimum absolute atomic E-state index is 1.39. The summed E-state index contributed by atoms with van der Waals surface area (Å²) in [6, 6.07) is 21.3. The third kappa shape index (κ3) is 3.81. The van der Waals surface area contributed by atoms with Crippen molar-refractivity contribution in [2.24, 2.45) is 0 Å². The molecule has 0 aliphatic rings. The van der Waals surface area contributed by atoms with Crippen molar-refractivity contribution in [3.63, 3.8) is 0 Å². The molecule has 0 amide bonds. The maximum atomic E-state index is 6.49. The van der Waals surface area contributed by atoms with Gasteiger partial charge in [-0.15, -0.1) is 11.1 Å². The van der Waals surface area contributed by atoms with Gasteiger partial charge in [0.05, 0.1) is 0 Å². The third-order valence-corrected chi connectivity index (χ3v) is 9.74. The molecule has 94 valence electrons. The molecule has 0 aliphatic heterocycles. The van der Waals surface area contributed by atoms with Gasteiger partial charge in [-0.05, 0) is 23.5 Å². The second kappa shape index (κ2) is 5.84. The fourth-order valence-corrected chi connectivity index (χ4v) is 8.65.